The summed E-state index contributed by atoms with van der Waals surface area (Å²) in [5.74, 6) is 1.93. The van der Waals surface area contributed by atoms with E-state index in [1.807, 2.05) is 7.05 Å². The van der Waals surface area contributed by atoms with E-state index in [0.717, 1.165) is 18.1 Å². The highest BCUT2D eigenvalue weighted by atomic mass is 35.5. The van der Waals surface area contributed by atoms with Crippen LogP contribution in [0.4, 0.5) is 5.82 Å². The molecule has 0 aliphatic carbocycles. The Balaban J connectivity index is 2.66. The van der Waals surface area contributed by atoms with Crippen LogP contribution in [0, 0.1) is 5.92 Å². The van der Waals surface area contributed by atoms with Gasteiger partial charge in [-0.25, -0.2) is 4.98 Å². The van der Waals surface area contributed by atoms with Crippen molar-refractivity contribution in [2.24, 2.45) is 5.92 Å². The highest BCUT2D eigenvalue weighted by molar-refractivity contribution is 6.16. The summed E-state index contributed by atoms with van der Waals surface area (Å²) in [6.07, 6.45) is 3.49. The van der Waals surface area contributed by atoms with Gasteiger partial charge in [-0.2, -0.15) is 0 Å². The van der Waals surface area contributed by atoms with Crippen LogP contribution in [0.15, 0.2) is 12.4 Å². The van der Waals surface area contributed by atoms with E-state index >= 15 is 0 Å². The highest BCUT2D eigenvalue weighted by Crippen LogP contribution is 2.09. The third-order valence-corrected chi connectivity index (χ3v) is 2.13. The second-order valence-corrected chi connectivity index (χ2v) is 4.04. The van der Waals surface area contributed by atoms with Gasteiger partial charge in [0, 0.05) is 13.6 Å². The fraction of sp³-hybridized carbons (Fsp3) is 0.600. The Bertz CT molecular complexity index is 271. The Hall–Kier alpha value is -0.830. The lowest BCUT2D eigenvalue weighted by atomic mass is 10.2. The molecule has 0 spiro atoms. The molecule has 0 N–H and O–H groups in total. The number of rotatable bonds is 4. The summed E-state index contributed by atoms with van der Waals surface area (Å²) in [5.41, 5.74) is 0.813. The molecule has 0 bridgehead atoms. The van der Waals surface area contributed by atoms with Crippen LogP contribution < -0.4 is 4.90 Å². The summed E-state index contributed by atoms with van der Waals surface area (Å²) in [6, 6.07) is 0. The lowest BCUT2D eigenvalue weighted by Gasteiger charge is -2.19. The van der Waals surface area contributed by atoms with Crippen LogP contribution in [0.1, 0.15) is 19.5 Å². The quantitative estimate of drug-likeness (QED) is 0.719. The van der Waals surface area contributed by atoms with Gasteiger partial charge in [0.05, 0.1) is 24.0 Å². The van der Waals surface area contributed by atoms with Crippen molar-refractivity contribution in [2.45, 2.75) is 19.7 Å². The Morgan fingerprint density at radius 1 is 1.36 bits per heavy atom. The predicted molar refractivity (Wildman–Crippen MR) is 59.7 cm³/mol. The van der Waals surface area contributed by atoms with E-state index in [1.165, 1.54) is 0 Å². The Labute approximate surface area is 90.1 Å². The molecule has 0 atom stereocenters. The van der Waals surface area contributed by atoms with Crippen LogP contribution in [0.25, 0.3) is 0 Å². The second-order valence-electron chi connectivity index (χ2n) is 3.77. The molecular weight excluding hydrogens is 198 g/mol. The minimum Gasteiger partial charge on any atom is -0.358 e. The van der Waals surface area contributed by atoms with Crippen molar-refractivity contribution in [3.05, 3.63) is 18.1 Å². The zero-order valence-electron chi connectivity index (χ0n) is 8.87. The lowest BCUT2D eigenvalue weighted by Crippen LogP contribution is -2.23. The number of halogens is 1. The third-order valence-electron chi connectivity index (χ3n) is 1.86. The fourth-order valence-electron chi connectivity index (χ4n) is 1.26. The van der Waals surface area contributed by atoms with Gasteiger partial charge >= 0.3 is 0 Å². The van der Waals surface area contributed by atoms with Crippen LogP contribution in [0.5, 0.6) is 0 Å². The van der Waals surface area contributed by atoms with E-state index in [2.05, 4.69) is 28.7 Å². The minimum atomic E-state index is 0.418. The zero-order chi connectivity index (χ0) is 10.6. The van der Waals surface area contributed by atoms with Gasteiger partial charge in [-0.3, -0.25) is 4.98 Å². The van der Waals surface area contributed by atoms with Gasteiger partial charge in [-0.1, -0.05) is 13.8 Å². The van der Waals surface area contributed by atoms with E-state index in [4.69, 9.17) is 11.6 Å². The monoisotopic (exact) mass is 213 g/mol. The van der Waals surface area contributed by atoms with Gasteiger partial charge in [0.25, 0.3) is 0 Å². The van der Waals surface area contributed by atoms with Crippen molar-refractivity contribution in [1.82, 2.24) is 9.97 Å². The Kier molecular flexibility index (Phi) is 4.14. The maximum Gasteiger partial charge on any atom is 0.146 e. The molecular formula is C10H16ClN3. The SMILES string of the molecule is CC(C)CN(C)c1cnc(CCl)cn1. The van der Waals surface area contributed by atoms with Crippen LogP contribution in [0.2, 0.25) is 0 Å². The first kappa shape index (κ1) is 11.2. The molecule has 0 unspecified atom stereocenters. The summed E-state index contributed by atoms with van der Waals surface area (Å²) >= 11 is 5.63. The smallest absolute Gasteiger partial charge is 0.146 e. The standard InChI is InChI=1S/C10H16ClN3/c1-8(2)7-14(3)10-6-12-9(4-11)5-13-10/h5-6,8H,4,7H2,1-3H3. The summed E-state index contributed by atoms with van der Waals surface area (Å²) < 4.78 is 0. The molecule has 1 aromatic heterocycles. The largest absolute Gasteiger partial charge is 0.358 e. The third kappa shape index (κ3) is 3.14. The first-order chi connectivity index (χ1) is 6.63. The number of aromatic nitrogens is 2. The van der Waals surface area contributed by atoms with E-state index in [1.54, 1.807) is 12.4 Å². The van der Waals surface area contributed by atoms with Crippen LogP contribution >= 0.6 is 11.6 Å². The van der Waals surface area contributed by atoms with Crippen molar-refractivity contribution >= 4 is 17.4 Å². The van der Waals surface area contributed by atoms with E-state index < -0.39 is 0 Å². The molecule has 1 heterocycles. The molecule has 0 aliphatic rings. The van der Waals surface area contributed by atoms with Crippen LogP contribution in [-0.4, -0.2) is 23.6 Å². The molecule has 0 saturated heterocycles. The Morgan fingerprint density at radius 2 is 2.07 bits per heavy atom. The van der Waals surface area contributed by atoms with Crippen molar-refractivity contribution in [3.63, 3.8) is 0 Å². The normalized spacial score (nSPS) is 10.6. The summed E-state index contributed by atoms with van der Waals surface area (Å²) in [5, 5.41) is 0. The fourth-order valence-corrected chi connectivity index (χ4v) is 1.39. The molecule has 0 radical (unpaired) electrons. The van der Waals surface area contributed by atoms with E-state index in [-0.39, 0.29) is 0 Å². The Morgan fingerprint density at radius 3 is 2.50 bits per heavy atom. The number of nitrogens with zero attached hydrogens (tertiary/aromatic N) is 3. The molecule has 14 heavy (non-hydrogen) atoms. The van der Waals surface area contributed by atoms with Gasteiger partial charge in [0.1, 0.15) is 5.82 Å². The average molecular weight is 214 g/mol. The molecule has 1 rings (SSSR count). The molecule has 0 aromatic carbocycles. The highest BCUT2D eigenvalue weighted by Gasteiger charge is 2.04. The van der Waals surface area contributed by atoms with Gasteiger partial charge in [0.15, 0.2) is 0 Å². The predicted octanol–water partition coefficient (Wildman–Crippen LogP) is 2.31. The van der Waals surface area contributed by atoms with E-state index in [0.29, 0.717) is 11.8 Å². The number of hydrogen-bond donors (Lipinski definition) is 0. The second kappa shape index (κ2) is 5.15. The summed E-state index contributed by atoms with van der Waals surface area (Å²) in [6.45, 7) is 5.34. The van der Waals surface area contributed by atoms with Gasteiger partial charge in [0.2, 0.25) is 0 Å². The molecule has 3 nitrogen and oxygen atoms in total. The molecule has 0 amide bonds. The van der Waals surface area contributed by atoms with Gasteiger partial charge in [-0.15, -0.1) is 11.6 Å². The van der Waals surface area contributed by atoms with Crippen LogP contribution in [-0.2, 0) is 5.88 Å². The molecule has 78 valence electrons. The summed E-state index contributed by atoms with van der Waals surface area (Å²) in [4.78, 5) is 10.6. The molecule has 4 heteroatoms. The van der Waals surface area contributed by atoms with Crippen molar-refractivity contribution in [1.29, 1.82) is 0 Å². The number of hydrogen-bond acceptors (Lipinski definition) is 3. The molecule has 0 fully saturated rings. The number of alkyl halides is 1. The van der Waals surface area contributed by atoms with Crippen LogP contribution in [0.3, 0.4) is 0 Å². The maximum atomic E-state index is 5.63. The zero-order valence-corrected chi connectivity index (χ0v) is 9.62. The van der Waals surface area contributed by atoms with E-state index in [9.17, 15) is 0 Å². The summed E-state index contributed by atoms with van der Waals surface area (Å²) in [7, 11) is 2.02. The molecule has 0 aliphatic heterocycles. The average Bonchev–Trinajstić information content (AvgIpc) is 2.17. The maximum absolute atomic E-state index is 5.63. The molecule has 1 aromatic rings. The first-order valence-corrected chi connectivity index (χ1v) is 5.25. The van der Waals surface area contributed by atoms with Crippen molar-refractivity contribution in [3.8, 4) is 0 Å². The first-order valence-electron chi connectivity index (χ1n) is 4.71. The topological polar surface area (TPSA) is 29.0 Å². The minimum absolute atomic E-state index is 0.418. The van der Waals surface area contributed by atoms with Crippen molar-refractivity contribution < 1.29 is 0 Å². The molecule has 0 saturated carbocycles. The van der Waals surface area contributed by atoms with Gasteiger partial charge in [-0.05, 0) is 5.92 Å². The van der Waals surface area contributed by atoms with Crippen molar-refractivity contribution in [2.75, 3.05) is 18.5 Å². The van der Waals surface area contributed by atoms with Gasteiger partial charge < -0.3 is 4.90 Å². The lowest BCUT2D eigenvalue weighted by molar-refractivity contribution is 0.634. The number of anilines is 1.